The third-order valence-electron chi connectivity index (χ3n) is 1.21. The van der Waals surface area contributed by atoms with Crippen molar-refractivity contribution in [3.63, 3.8) is 0 Å². The lowest BCUT2D eigenvalue weighted by Gasteiger charge is -2.11. The maximum Gasteiger partial charge on any atom is 0.696 e. The van der Waals surface area contributed by atoms with E-state index in [-0.39, 0.29) is 0 Å². The summed E-state index contributed by atoms with van der Waals surface area (Å²) in [5.74, 6) is 0. The van der Waals surface area contributed by atoms with Gasteiger partial charge in [0.25, 0.3) is 0 Å². The van der Waals surface area contributed by atoms with Crippen molar-refractivity contribution in [1.82, 2.24) is 0 Å². The van der Waals surface area contributed by atoms with Crippen molar-refractivity contribution in [1.29, 1.82) is 0 Å². The first kappa shape index (κ1) is 14.5. The van der Waals surface area contributed by atoms with E-state index < -0.39 is 24.4 Å². The van der Waals surface area contributed by atoms with E-state index in [4.69, 9.17) is 9.05 Å². The van der Waals surface area contributed by atoms with Gasteiger partial charge in [-0.25, -0.2) is 0 Å². The summed E-state index contributed by atoms with van der Waals surface area (Å²) in [5, 5.41) is 0. The van der Waals surface area contributed by atoms with Gasteiger partial charge in [0.05, 0.1) is 28.6 Å². The number of rotatable bonds is 6. The minimum atomic E-state index is -1.89. The zero-order chi connectivity index (χ0) is 11.4. The van der Waals surface area contributed by atoms with E-state index in [0.717, 1.165) is 0 Å². The van der Waals surface area contributed by atoms with Crippen molar-refractivity contribution in [2.24, 2.45) is 0 Å². The van der Waals surface area contributed by atoms with Gasteiger partial charge in [0, 0.05) is 4.57 Å². The van der Waals surface area contributed by atoms with Crippen LogP contribution in [0.3, 0.4) is 0 Å². The largest absolute Gasteiger partial charge is 0.696 e. The Bertz CT molecular complexity index is 176. The molecular formula is C8H22O3PSi2+. The second-order valence-corrected chi connectivity index (χ2v) is 17.7. The van der Waals surface area contributed by atoms with Crippen LogP contribution in [0.4, 0.5) is 0 Å². The minimum Gasteiger partial charge on any atom is -0.123 e. The molecule has 0 N–H and O–H groups in total. The summed E-state index contributed by atoms with van der Waals surface area (Å²) < 4.78 is 21.6. The fraction of sp³-hybridized carbons (Fsp3) is 1.00. The van der Waals surface area contributed by atoms with Gasteiger partial charge in [-0.1, -0.05) is 39.3 Å². The lowest BCUT2D eigenvalue weighted by atomic mass is 11.7. The normalized spacial score (nSPS) is 13.0. The van der Waals surface area contributed by atoms with Gasteiger partial charge >= 0.3 is 8.25 Å². The molecule has 0 aromatic rings. The third-order valence-corrected chi connectivity index (χ3v) is 4.39. The molecule has 0 rings (SSSR count). The van der Waals surface area contributed by atoms with Crippen LogP contribution < -0.4 is 0 Å². The Labute approximate surface area is 90.2 Å². The molecule has 0 bridgehead atoms. The van der Waals surface area contributed by atoms with Crippen molar-refractivity contribution in [2.45, 2.75) is 39.3 Å². The third kappa shape index (κ3) is 10.5. The molecular weight excluding hydrogens is 231 g/mol. The van der Waals surface area contributed by atoms with Crippen LogP contribution in [0.2, 0.25) is 39.3 Å². The van der Waals surface area contributed by atoms with Gasteiger partial charge in [-0.15, -0.1) is 9.05 Å². The van der Waals surface area contributed by atoms with Crippen molar-refractivity contribution < 1.29 is 13.6 Å². The number of hydrogen-bond donors (Lipinski definition) is 0. The van der Waals surface area contributed by atoms with E-state index in [0.29, 0.717) is 12.5 Å². The van der Waals surface area contributed by atoms with Crippen LogP contribution in [0.1, 0.15) is 0 Å². The fourth-order valence-electron chi connectivity index (χ4n) is 0.530. The lowest BCUT2D eigenvalue weighted by Crippen LogP contribution is -2.28. The summed E-state index contributed by atoms with van der Waals surface area (Å²) in [4.78, 5) is 0. The Balaban J connectivity index is 3.68. The van der Waals surface area contributed by atoms with E-state index >= 15 is 0 Å². The maximum atomic E-state index is 11.3. The Morgan fingerprint density at radius 3 is 1.36 bits per heavy atom. The van der Waals surface area contributed by atoms with E-state index in [1.54, 1.807) is 0 Å². The Morgan fingerprint density at radius 1 is 0.857 bits per heavy atom. The first-order valence-corrected chi connectivity index (χ1v) is 13.3. The Kier molecular flexibility index (Phi) is 5.69. The van der Waals surface area contributed by atoms with E-state index in [1.165, 1.54) is 0 Å². The molecule has 6 heteroatoms. The standard InChI is InChI=1S/C8H22O3PSi2/c1-13(2,3)7-10-12(9)11-8-14(4,5)6/h7-8H2,1-6H3/q+1. The van der Waals surface area contributed by atoms with Gasteiger partial charge in [-0.05, 0) is 0 Å². The number of hydrogen-bond acceptors (Lipinski definition) is 3. The van der Waals surface area contributed by atoms with Gasteiger partial charge in [-0.2, -0.15) is 0 Å². The maximum absolute atomic E-state index is 11.3. The first-order valence-electron chi connectivity index (χ1n) is 4.83. The van der Waals surface area contributed by atoms with Gasteiger partial charge in [0.2, 0.25) is 0 Å². The van der Waals surface area contributed by atoms with Crippen LogP contribution in [0.15, 0.2) is 0 Å². The molecule has 84 valence electrons. The molecule has 3 nitrogen and oxygen atoms in total. The predicted octanol–water partition coefficient (Wildman–Crippen LogP) is 3.43. The topological polar surface area (TPSA) is 35.5 Å². The van der Waals surface area contributed by atoms with E-state index in [1.807, 2.05) is 0 Å². The summed E-state index contributed by atoms with van der Waals surface area (Å²) >= 11 is 0. The molecule has 0 aliphatic rings. The van der Waals surface area contributed by atoms with Crippen LogP contribution in [-0.4, -0.2) is 28.6 Å². The highest BCUT2D eigenvalue weighted by Crippen LogP contribution is 2.26. The van der Waals surface area contributed by atoms with Crippen molar-refractivity contribution in [2.75, 3.05) is 12.5 Å². The molecule has 0 unspecified atom stereocenters. The summed E-state index contributed by atoms with van der Waals surface area (Å²) in [5.41, 5.74) is 0. The highest BCUT2D eigenvalue weighted by atomic mass is 31.1. The average molecular weight is 253 g/mol. The quantitative estimate of drug-likeness (QED) is 0.537. The second-order valence-electron chi connectivity index (χ2n) is 5.89. The van der Waals surface area contributed by atoms with Crippen LogP contribution >= 0.6 is 8.25 Å². The zero-order valence-electron chi connectivity index (χ0n) is 10.1. The lowest BCUT2D eigenvalue weighted by molar-refractivity contribution is 0.273. The van der Waals surface area contributed by atoms with Crippen LogP contribution in [0, 0.1) is 0 Å². The molecule has 0 aliphatic carbocycles. The molecule has 0 fully saturated rings. The molecule has 0 aromatic carbocycles. The Hall–Kier alpha value is 0.454. The smallest absolute Gasteiger partial charge is 0.123 e. The van der Waals surface area contributed by atoms with Crippen molar-refractivity contribution >= 4 is 24.4 Å². The summed E-state index contributed by atoms with van der Waals surface area (Å²) in [6.07, 6.45) is 1.21. The van der Waals surface area contributed by atoms with E-state index in [2.05, 4.69) is 39.3 Å². The molecule has 0 aliphatic heterocycles. The van der Waals surface area contributed by atoms with Gasteiger partial charge in [0.15, 0.2) is 0 Å². The molecule has 0 spiro atoms. The van der Waals surface area contributed by atoms with Gasteiger partial charge in [-0.3, -0.25) is 0 Å². The monoisotopic (exact) mass is 253 g/mol. The van der Waals surface area contributed by atoms with E-state index in [9.17, 15) is 4.57 Å². The van der Waals surface area contributed by atoms with Crippen LogP contribution in [0.25, 0.3) is 0 Å². The van der Waals surface area contributed by atoms with Crippen LogP contribution in [0.5, 0.6) is 0 Å². The molecule has 0 radical (unpaired) electrons. The summed E-state index contributed by atoms with van der Waals surface area (Å²) in [7, 11) is -4.43. The summed E-state index contributed by atoms with van der Waals surface area (Å²) in [6.45, 7) is 13.1. The Morgan fingerprint density at radius 2 is 1.14 bits per heavy atom. The molecule has 0 atom stereocenters. The highest BCUT2D eigenvalue weighted by Gasteiger charge is 2.28. The van der Waals surface area contributed by atoms with Crippen LogP contribution in [-0.2, 0) is 13.6 Å². The molecule has 0 saturated heterocycles. The molecule has 0 amide bonds. The molecule has 0 saturated carbocycles. The zero-order valence-corrected chi connectivity index (χ0v) is 13.0. The van der Waals surface area contributed by atoms with Gasteiger partial charge < -0.3 is 0 Å². The molecule has 0 aromatic heterocycles. The molecule has 14 heavy (non-hydrogen) atoms. The highest BCUT2D eigenvalue weighted by molar-refractivity contribution is 7.33. The second kappa shape index (κ2) is 5.51. The first-order chi connectivity index (χ1) is 6.10. The summed E-state index contributed by atoms with van der Waals surface area (Å²) in [6, 6.07) is 0. The minimum absolute atomic E-state index is 0.605. The fourth-order valence-corrected chi connectivity index (χ4v) is 4.55. The van der Waals surface area contributed by atoms with Crippen molar-refractivity contribution in [3.8, 4) is 0 Å². The average Bonchev–Trinajstić information content (AvgIpc) is 1.94. The predicted molar refractivity (Wildman–Crippen MR) is 66.2 cm³/mol. The van der Waals surface area contributed by atoms with Crippen molar-refractivity contribution in [3.05, 3.63) is 0 Å². The molecule has 0 heterocycles. The van der Waals surface area contributed by atoms with Gasteiger partial charge in [0.1, 0.15) is 0 Å². The SMILES string of the molecule is C[Si](C)(C)CO[P+](=O)OC[Si](C)(C)C.